The van der Waals surface area contributed by atoms with Crippen LogP contribution in [0.4, 0.5) is 0 Å². The van der Waals surface area contributed by atoms with Crippen LogP contribution >= 0.6 is 11.3 Å². The number of carboxylic acid groups (broad SMARTS) is 1. The normalized spacial score (nSPS) is 12.3. The molecule has 1 aromatic heterocycles. The third kappa shape index (κ3) is 2.31. The second kappa shape index (κ2) is 4.59. The molecule has 0 radical (unpaired) electrons. The van der Waals surface area contributed by atoms with Crippen LogP contribution in [0.3, 0.4) is 0 Å². The first-order valence-corrected chi connectivity index (χ1v) is 6.07. The van der Waals surface area contributed by atoms with Gasteiger partial charge < -0.3 is 10.2 Å². The van der Waals surface area contributed by atoms with Gasteiger partial charge in [-0.3, -0.25) is 0 Å². The van der Waals surface area contributed by atoms with Crippen LogP contribution < -0.4 is 0 Å². The first-order chi connectivity index (χ1) is 8.09. The van der Waals surface area contributed by atoms with E-state index in [1.165, 1.54) is 11.3 Å². The molecule has 88 valence electrons. The average molecular weight is 248 g/mol. The number of phenols is 1. The summed E-state index contributed by atoms with van der Waals surface area (Å²) in [5, 5.41) is 20.3. The molecule has 2 N–H and O–H groups in total. The molecule has 0 bridgehead atoms. The zero-order valence-electron chi connectivity index (χ0n) is 9.25. The predicted octanol–water partition coefficient (Wildman–Crippen LogP) is 3.30. The Morgan fingerprint density at radius 3 is 2.76 bits per heavy atom. The molecule has 0 saturated heterocycles. The van der Waals surface area contributed by atoms with E-state index in [1.807, 2.05) is 19.1 Å². The van der Waals surface area contributed by atoms with Gasteiger partial charge in [-0.2, -0.15) is 0 Å². The Morgan fingerprint density at radius 2 is 2.12 bits per heavy atom. The summed E-state index contributed by atoms with van der Waals surface area (Å²) in [6, 6.07) is 8.72. The lowest BCUT2D eigenvalue weighted by atomic mass is 9.93. The van der Waals surface area contributed by atoms with Crippen molar-refractivity contribution in [2.24, 2.45) is 0 Å². The topological polar surface area (TPSA) is 57.5 Å². The highest BCUT2D eigenvalue weighted by Gasteiger charge is 2.18. The van der Waals surface area contributed by atoms with Crippen molar-refractivity contribution < 1.29 is 15.0 Å². The number of carboxylic acids is 1. The molecule has 0 aliphatic carbocycles. The molecule has 0 amide bonds. The van der Waals surface area contributed by atoms with Gasteiger partial charge in [0.25, 0.3) is 0 Å². The van der Waals surface area contributed by atoms with Gasteiger partial charge in [0.2, 0.25) is 0 Å². The van der Waals surface area contributed by atoms with Crippen LogP contribution in [-0.4, -0.2) is 16.2 Å². The number of carbonyl (C=O) groups is 1. The average Bonchev–Trinajstić information content (AvgIpc) is 2.77. The smallest absolute Gasteiger partial charge is 0.346 e. The van der Waals surface area contributed by atoms with Crippen molar-refractivity contribution in [1.29, 1.82) is 0 Å². The predicted molar refractivity (Wildman–Crippen MR) is 66.9 cm³/mol. The number of aromatic hydroxyl groups is 1. The number of benzene rings is 1. The summed E-state index contributed by atoms with van der Waals surface area (Å²) in [6.07, 6.45) is 0. The summed E-state index contributed by atoms with van der Waals surface area (Å²) in [6.45, 7) is 1.93. The Bertz CT molecular complexity index is 545. The van der Waals surface area contributed by atoms with E-state index < -0.39 is 5.97 Å². The molecule has 0 unspecified atom stereocenters. The van der Waals surface area contributed by atoms with Gasteiger partial charge in [-0.15, -0.1) is 11.3 Å². The van der Waals surface area contributed by atoms with Crippen molar-refractivity contribution in [3.63, 3.8) is 0 Å². The fourth-order valence-electron chi connectivity index (χ4n) is 1.81. The molecule has 0 aliphatic heterocycles. The largest absolute Gasteiger partial charge is 0.508 e. The maximum Gasteiger partial charge on any atom is 0.346 e. The molecular formula is C13H12O3S. The molecule has 0 fully saturated rings. The van der Waals surface area contributed by atoms with Crippen molar-refractivity contribution >= 4 is 17.3 Å². The second-order valence-electron chi connectivity index (χ2n) is 3.83. The van der Waals surface area contributed by atoms with Gasteiger partial charge >= 0.3 is 5.97 Å². The van der Waals surface area contributed by atoms with Gasteiger partial charge in [-0.1, -0.05) is 19.1 Å². The number of hydrogen-bond acceptors (Lipinski definition) is 3. The van der Waals surface area contributed by atoms with Crippen molar-refractivity contribution in [3.8, 4) is 5.75 Å². The molecule has 17 heavy (non-hydrogen) atoms. The number of phenolic OH excluding ortho intramolecular Hbond substituents is 1. The molecular weight excluding hydrogens is 236 g/mol. The van der Waals surface area contributed by atoms with Crippen LogP contribution in [0.1, 0.15) is 33.6 Å². The molecule has 3 nitrogen and oxygen atoms in total. The van der Waals surface area contributed by atoms with Crippen LogP contribution in [0, 0.1) is 0 Å². The minimum Gasteiger partial charge on any atom is -0.508 e. The minimum atomic E-state index is -0.901. The van der Waals surface area contributed by atoms with E-state index in [2.05, 4.69) is 0 Å². The fraction of sp³-hybridized carbons (Fsp3) is 0.154. The van der Waals surface area contributed by atoms with Gasteiger partial charge in [0, 0.05) is 5.92 Å². The van der Waals surface area contributed by atoms with E-state index in [1.54, 1.807) is 23.6 Å². The number of hydrogen-bond donors (Lipinski definition) is 2. The van der Waals surface area contributed by atoms with Gasteiger partial charge in [-0.25, -0.2) is 4.79 Å². The molecule has 1 heterocycles. The summed E-state index contributed by atoms with van der Waals surface area (Å²) >= 11 is 1.22. The standard InChI is InChI=1S/C13H12O3S/c1-8(9-3-2-4-10(14)7-9)11-5-6-17-12(11)13(15)16/h2-8,14H,1H3,(H,15,16)/t8-/m0/s1. The van der Waals surface area contributed by atoms with Crippen LogP contribution in [0.15, 0.2) is 35.7 Å². The van der Waals surface area contributed by atoms with E-state index in [-0.39, 0.29) is 11.7 Å². The van der Waals surface area contributed by atoms with Crippen LogP contribution in [0.25, 0.3) is 0 Å². The van der Waals surface area contributed by atoms with Crippen molar-refractivity contribution in [3.05, 3.63) is 51.7 Å². The van der Waals surface area contributed by atoms with Crippen molar-refractivity contribution in [2.45, 2.75) is 12.8 Å². The summed E-state index contributed by atoms with van der Waals surface area (Å²) < 4.78 is 0. The number of aromatic carboxylic acids is 1. The number of thiophene rings is 1. The maximum atomic E-state index is 11.0. The number of rotatable bonds is 3. The van der Waals surface area contributed by atoms with Gasteiger partial charge in [0.15, 0.2) is 0 Å². The third-order valence-corrected chi connectivity index (χ3v) is 3.64. The zero-order chi connectivity index (χ0) is 12.4. The van der Waals surface area contributed by atoms with E-state index in [0.717, 1.165) is 11.1 Å². The van der Waals surface area contributed by atoms with E-state index in [4.69, 9.17) is 5.11 Å². The lowest BCUT2D eigenvalue weighted by Gasteiger charge is -2.12. The highest BCUT2D eigenvalue weighted by molar-refractivity contribution is 7.12. The van der Waals surface area contributed by atoms with Crippen molar-refractivity contribution in [1.82, 2.24) is 0 Å². The molecule has 1 aromatic carbocycles. The zero-order valence-corrected chi connectivity index (χ0v) is 10.1. The Labute approximate surface area is 103 Å². The third-order valence-electron chi connectivity index (χ3n) is 2.73. The van der Waals surface area contributed by atoms with Crippen LogP contribution in [-0.2, 0) is 0 Å². The molecule has 2 rings (SSSR count). The monoisotopic (exact) mass is 248 g/mol. The Balaban J connectivity index is 2.40. The fourth-order valence-corrected chi connectivity index (χ4v) is 2.64. The summed E-state index contributed by atoms with van der Waals surface area (Å²) in [4.78, 5) is 11.4. The highest BCUT2D eigenvalue weighted by Crippen LogP contribution is 2.31. The molecule has 0 spiro atoms. The lowest BCUT2D eigenvalue weighted by molar-refractivity contribution is 0.0701. The summed E-state index contributed by atoms with van der Waals surface area (Å²) in [7, 11) is 0. The molecule has 0 saturated carbocycles. The summed E-state index contributed by atoms with van der Waals surface area (Å²) in [5.41, 5.74) is 1.69. The SMILES string of the molecule is C[C@@H](c1cccc(O)c1)c1ccsc1C(=O)O. The maximum absolute atomic E-state index is 11.0. The Hall–Kier alpha value is -1.81. The first kappa shape index (κ1) is 11.7. The van der Waals surface area contributed by atoms with Crippen LogP contribution in [0.5, 0.6) is 5.75 Å². The van der Waals surface area contributed by atoms with Gasteiger partial charge in [0.05, 0.1) is 0 Å². The minimum absolute atomic E-state index is 0.0422. The lowest BCUT2D eigenvalue weighted by Crippen LogP contribution is -2.02. The molecule has 4 heteroatoms. The van der Waals surface area contributed by atoms with Crippen LogP contribution in [0.2, 0.25) is 0 Å². The molecule has 0 aliphatic rings. The van der Waals surface area contributed by atoms with E-state index in [9.17, 15) is 9.90 Å². The highest BCUT2D eigenvalue weighted by atomic mass is 32.1. The second-order valence-corrected chi connectivity index (χ2v) is 4.74. The van der Waals surface area contributed by atoms with Crippen molar-refractivity contribution in [2.75, 3.05) is 0 Å². The van der Waals surface area contributed by atoms with E-state index in [0.29, 0.717) is 4.88 Å². The van der Waals surface area contributed by atoms with E-state index >= 15 is 0 Å². The van der Waals surface area contributed by atoms with Gasteiger partial charge in [0.1, 0.15) is 10.6 Å². The summed E-state index contributed by atoms with van der Waals surface area (Å²) in [5.74, 6) is -0.747. The molecule has 1 atom stereocenters. The first-order valence-electron chi connectivity index (χ1n) is 5.19. The molecule has 2 aromatic rings. The van der Waals surface area contributed by atoms with Gasteiger partial charge in [-0.05, 0) is 34.7 Å². The quantitative estimate of drug-likeness (QED) is 0.876. The Kier molecular flexibility index (Phi) is 3.15. The Morgan fingerprint density at radius 1 is 1.35 bits per heavy atom.